The van der Waals surface area contributed by atoms with E-state index in [0.717, 1.165) is 56.0 Å². The molecular weight excluding hydrogens is 431 g/mol. The van der Waals surface area contributed by atoms with Crippen molar-refractivity contribution in [2.24, 2.45) is 0 Å². The zero-order valence-corrected chi connectivity index (χ0v) is 19.2. The van der Waals surface area contributed by atoms with E-state index in [1.165, 1.54) is 18.6 Å². The molecule has 5 rings (SSSR count). The number of hydrogen-bond acceptors (Lipinski definition) is 5. The van der Waals surface area contributed by atoms with Gasteiger partial charge in [-0.2, -0.15) is 0 Å². The molecule has 2 fully saturated rings. The quantitative estimate of drug-likeness (QED) is 0.597. The maximum absolute atomic E-state index is 13.3. The number of piperidine rings is 1. The highest BCUT2D eigenvalue weighted by Crippen LogP contribution is 2.29. The molecule has 0 unspecified atom stereocenters. The first-order valence-electron chi connectivity index (χ1n) is 12.0. The standard InChI is InChI=1S/C27H29FN4O2/c28-21-6-10-24(11-7-21)34-23-8-4-20(5-9-23)25-18-22(31-14-2-1-3-15-31)19-26(30-25)27(33)32-16-12-29-13-17-32/h4-11,18-19,29H,1-3,12-17H2. The summed E-state index contributed by atoms with van der Waals surface area (Å²) in [5.74, 6) is 0.911. The van der Waals surface area contributed by atoms with Crippen molar-refractivity contribution in [3.05, 3.63) is 72.2 Å². The number of ether oxygens (including phenoxy) is 1. The van der Waals surface area contributed by atoms with E-state index in [2.05, 4.69) is 16.3 Å². The lowest BCUT2D eigenvalue weighted by molar-refractivity contribution is 0.0730. The lowest BCUT2D eigenvalue weighted by Gasteiger charge is -2.30. The summed E-state index contributed by atoms with van der Waals surface area (Å²) in [5, 5.41) is 3.29. The van der Waals surface area contributed by atoms with E-state index in [9.17, 15) is 9.18 Å². The van der Waals surface area contributed by atoms with E-state index in [1.807, 2.05) is 35.2 Å². The number of anilines is 1. The minimum atomic E-state index is -0.298. The fourth-order valence-corrected chi connectivity index (χ4v) is 4.47. The van der Waals surface area contributed by atoms with Gasteiger partial charge in [0.2, 0.25) is 0 Å². The fraction of sp³-hybridized carbons (Fsp3) is 0.333. The summed E-state index contributed by atoms with van der Waals surface area (Å²) >= 11 is 0. The van der Waals surface area contributed by atoms with E-state index in [-0.39, 0.29) is 11.7 Å². The Bertz CT molecular complexity index is 1120. The largest absolute Gasteiger partial charge is 0.457 e. The van der Waals surface area contributed by atoms with Gasteiger partial charge in [-0.25, -0.2) is 9.37 Å². The number of piperazine rings is 1. The average Bonchev–Trinajstić information content (AvgIpc) is 2.91. The third kappa shape index (κ3) is 5.20. The number of rotatable bonds is 5. The number of pyridine rings is 1. The molecule has 3 aromatic rings. The molecule has 1 aromatic heterocycles. The Balaban J connectivity index is 1.43. The van der Waals surface area contributed by atoms with E-state index in [1.54, 1.807) is 12.1 Å². The summed E-state index contributed by atoms with van der Waals surface area (Å²) in [6, 6.07) is 17.6. The molecule has 176 valence electrons. The number of benzene rings is 2. The highest BCUT2D eigenvalue weighted by molar-refractivity contribution is 5.94. The third-order valence-corrected chi connectivity index (χ3v) is 6.35. The van der Waals surface area contributed by atoms with Gasteiger partial charge in [-0.3, -0.25) is 4.79 Å². The first-order valence-corrected chi connectivity index (χ1v) is 12.0. The van der Waals surface area contributed by atoms with Crippen LogP contribution < -0.4 is 15.0 Å². The average molecular weight is 461 g/mol. The van der Waals surface area contributed by atoms with Gasteiger partial charge < -0.3 is 19.9 Å². The Morgan fingerprint density at radius 1 is 0.853 bits per heavy atom. The molecule has 6 nitrogen and oxygen atoms in total. The van der Waals surface area contributed by atoms with Crippen molar-refractivity contribution in [2.75, 3.05) is 44.2 Å². The molecule has 34 heavy (non-hydrogen) atoms. The van der Waals surface area contributed by atoms with Crippen molar-refractivity contribution in [3.63, 3.8) is 0 Å². The Hall–Kier alpha value is -3.45. The Kier molecular flexibility index (Phi) is 6.72. The second kappa shape index (κ2) is 10.2. The van der Waals surface area contributed by atoms with Gasteiger partial charge in [0.15, 0.2) is 0 Å². The van der Waals surface area contributed by atoms with Crippen molar-refractivity contribution in [2.45, 2.75) is 19.3 Å². The van der Waals surface area contributed by atoms with Crippen LogP contribution in [0, 0.1) is 5.82 Å². The molecule has 7 heteroatoms. The van der Waals surface area contributed by atoms with Gasteiger partial charge in [0, 0.05) is 50.5 Å². The number of amides is 1. The summed E-state index contributed by atoms with van der Waals surface area (Å²) < 4.78 is 19.0. The van der Waals surface area contributed by atoms with Crippen molar-refractivity contribution < 1.29 is 13.9 Å². The third-order valence-electron chi connectivity index (χ3n) is 6.35. The molecule has 1 N–H and O–H groups in total. The van der Waals surface area contributed by atoms with Gasteiger partial charge in [-0.1, -0.05) is 0 Å². The van der Waals surface area contributed by atoms with Gasteiger partial charge in [0.1, 0.15) is 23.0 Å². The molecule has 0 atom stereocenters. The molecule has 0 spiro atoms. The van der Waals surface area contributed by atoms with Crippen LogP contribution in [0.5, 0.6) is 11.5 Å². The number of carbonyl (C=O) groups excluding carboxylic acids is 1. The van der Waals surface area contributed by atoms with Crippen molar-refractivity contribution in [1.29, 1.82) is 0 Å². The van der Waals surface area contributed by atoms with Crippen LogP contribution in [-0.4, -0.2) is 55.1 Å². The maximum Gasteiger partial charge on any atom is 0.272 e. The highest BCUT2D eigenvalue weighted by Gasteiger charge is 2.22. The van der Waals surface area contributed by atoms with Gasteiger partial charge in [-0.05, 0) is 79.9 Å². The van der Waals surface area contributed by atoms with Crippen LogP contribution in [0.15, 0.2) is 60.7 Å². The molecule has 3 heterocycles. The second-order valence-electron chi connectivity index (χ2n) is 8.77. The van der Waals surface area contributed by atoms with Gasteiger partial charge in [0.25, 0.3) is 5.91 Å². The van der Waals surface area contributed by atoms with Gasteiger partial charge >= 0.3 is 0 Å². The predicted octanol–water partition coefficient (Wildman–Crippen LogP) is 4.72. The van der Waals surface area contributed by atoms with Crippen molar-refractivity contribution in [3.8, 4) is 22.8 Å². The lowest BCUT2D eigenvalue weighted by atomic mass is 10.1. The summed E-state index contributed by atoms with van der Waals surface area (Å²) in [4.78, 5) is 22.3. The van der Waals surface area contributed by atoms with Crippen LogP contribution in [0.4, 0.5) is 10.1 Å². The van der Waals surface area contributed by atoms with Crippen molar-refractivity contribution in [1.82, 2.24) is 15.2 Å². The molecule has 0 aliphatic carbocycles. The molecular formula is C27H29FN4O2. The fourth-order valence-electron chi connectivity index (χ4n) is 4.47. The van der Waals surface area contributed by atoms with E-state index in [4.69, 9.17) is 9.72 Å². The van der Waals surface area contributed by atoms with Gasteiger partial charge in [0.05, 0.1) is 5.69 Å². The number of carbonyl (C=O) groups is 1. The number of nitrogens with zero attached hydrogens (tertiary/aromatic N) is 3. The maximum atomic E-state index is 13.3. The predicted molar refractivity (Wildman–Crippen MR) is 131 cm³/mol. The summed E-state index contributed by atoms with van der Waals surface area (Å²) in [6.07, 6.45) is 3.57. The summed E-state index contributed by atoms with van der Waals surface area (Å²) in [7, 11) is 0. The zero-order chi connectivity index (χ0) is 23.3. The van der Waals surface area contributed by atoms with Crippen LogP contribution in [0.3, 0.4) is 0 Å². The van der Waals surface area contributed by atoms with Crippen LogP contribution in [0.2, 0.25) is 0 Å². The van der Waals surface area contributed by atoms with Crippen LogP contribution in [0.1, 0.15) is 29.8 Å². The number of halogens is 1. The van der Waals surface area contributed by atoms with E-state index >= 15 is 0 Å². The van der Waals surface area contributed by atoms with Crippen LogP contribution in [0.25, 0.3) is 11.3 Å². The summed E-state index contributed by atoms with van der Waals surface area (Å²) in [5.41, 5.74) is 3.23. The zero-order valence-electron chi connectivity index (χ0n) is 19.2. The Labute approximate surface area is 199 Å². The van der Waals surface area contributed by atoms with Crippen LogP contribution >= 0.6 is 0 Å². The first kappa shape index (κ1) is 22.3. The molecule has 0 bridgehead atoms. The summed E-state index contributed by atoms with van der Waals surface area (Å²) in [6.45, 7) is 4.99. The number of aromatic nitrogens is 1. The van der Waals surface area contributed by atoms with E-state index in [0.29, 0.717) is 30.3 Å². The first-order chi connectivity index (χ1) is 16.7. The van der Waals surface area contributed by atoms with E-state index < -0.39 is 0 Å². The second-order valence-corrected chi connectivity index (χ2v) is 8.77. The Morgan fingerprint density at radius 3 is 2.18 bits per heavy atom. The molecule has 2 saturated heterocycles. The molecule has 1 amide bonds. The SMILES string of the molecule is O=C(c1cc(N2CCCCC2)cc(-c2ccc(Oc3ccc(F)cc3)cc2)n1)N1CCNCC1. The van der Waals surface area contributed by atoms with Crippen LogP contribution in [-0.2, 0) is 0 Å². The smallest absolute Gasteiger partial charge is 0.272 e. The minimum Gasteiger partial charge on any atom is -0.457 e. The highest BCUT2D eigenvalue weighted by atomic mass is 19.1. The molecule has 0 saturated carbocycles. The number of nitrogens with one attached hydrogen (secondary N) is 1. The number of hydrogen-bond donors (Lipinski definition) is 1. The Morgan fingerprint density at radius 2 is 1.50 bits per heavy atom. The van der Waals surface area contributed by atoms with Crippen molar-refractivity contribution >= 4 is 11.6 Å². The normalized spacial score (nSPS) is 16.4. The molecule has 2 aliphatic rings. The molecule has 0 radical (unpaired) electrons. The topological polar surface area (TPSA) is 57.7 Å². The monoisotopic (exact) mass is 460 g/mol. The lowest BCUT2D eigenvalue weighted by Crippen LogP contribution is -2.46. The molecule has 2 aromatic carbocycles. The molecule has 2 aliphatic heterocycles. The minimum absolute atomic E-state index is 0.0159. The van der Waals surface area contributed by atoms with Gasteiger partial charge in [-0.15, -0.1) is 0 Å².